The third kappa shape index (κ3) is 4.76. The number of hydrogen-bond donors (Lipinski definition) is 1. The Kier molecular flexibility index (Phi) is 6.27. The Balaban J connectivity index is 1.78. The summed E-state index contributed by atoms with van der Waals surface area (Å²) in [4.78, 5) is 4.09. The predicted molar refractivity (Wildman–Crippen MR) is 104 cm³/mol. The van der Waals surface area contributed by atoms with Crippen molar-refractivity contribution in [1.29, 1.82) is 0 Å². The van der Waals surface area contributed by atoms with E-state index in [1.54, 1.807) is 36.7 Å². The summed E-state index contributed by atoms with van der Waals surface area (Å²) in [6.45, 7) is 0.0529. The first-order valence-corrected chi connectivity index (χ1v) is 8.84. The maximum atomic E-state index is 13.8. The molecule has 2 aromatic carbocycles. The number of ether oxygens (including phenoxy) is 2. The molecule has 0 amide bonds. The fourth-order valence-corrected chi connectivity index (χ4v) is 3.05. The fraction of sp³-hybridized carbons (Fsp3) is 0.190. The SMILES string of the molecule is COc1cc(CC(N)c2cccnc2)cc(Cl)c1OCc1ccccc1F. The number of halogens is 2. The molecule has 0 radical (unpaired) electrons. The highest BCUT2D eigenvalue weighted by molar-refractivity contribution is 6.32. The lowest BCUT2D eigenvalue weighted by Gasteiger charge is -2.16. The van der Waals surface area contributed by atoms with E-state index in [9.17, 15) is 4.39 Å². The second kappa shape index (κ2) is 8.84. The zero-order chi connectivity index (χ0) is 19.2. The Hall–Kier alpha value is -2.63. The highest BCUT2D eigenvalue weighted by Gasteiger charge is 2.15. The largest absolute Gasteiger partial charge is 0.493 e. The molecule has 3 aromatic rings. The van der Waals surface area contributed by atoms with E-state index in [0.717, 1.165) is 11.1 Å². The summed E-state index contributed by atoms with van der Waals surface area (Å²) in [6.07, 6.45) is 4.02. The van der Waals surface area contributed by atoms with Gasteiger partial charge in [0.25, 0.3) is 0 Å². The topological polar surface area (TPSA) is 57.4 Å². The molecule has 1 atom stereocenters. The first kappa shape index (κ1) is 19.1. The van der Waals surface area contributed by atoms with E-state index in [2.05, 4.69) is 4.98 Å². The van der Waals surface area contributed by atoms with Gasteiger partial charge >= 0.3 is 0 Å². The van der Waals surface area contributed by atoms with E-state index in [0.29, 0.717) is 28.5 Å². The molecule has 0 aliphatic carbocycles. The lowest BCUT2D eigenvalue weighted by Crippen LogP contribution is -2.13. The molecule has 1 unspecified atom stereocenters. The number of aromatic nitrogens is 1. The van der Waals surface area contributed by atoms with Gasteiger partial charge in [0.15, 0.2) is 11.5 Å². The summed E-state index contributed by atoms with van der Waals surface area (Å²) in [5.41, 5.74) is 8.55. The van der Waals surface area contributed by atoms with Gasteiger partial charge in [-0.05, 0) is 41.8 Å². The van der Waals surface area contributed by atoms with Crippen LogP contribution in [0, 0.1) is 5.82 Å². The van der Waals surface area contributed by atoms with Gasteiger partial charge < -0.3 is 15.2 Å². The minimum Gasteiger partial charge on any atom is -0.493 e. The number of nitrogens with zero attached hydrogens (tertiary/aromatic N) is 1. The van der Waals surface area contributed by atoms with Crippen molar-refractivity contribution in [2.75, 3.05) is 7.11 Å². The average Bonchev–Trinajstić information content (AvgIpc) is 2.68. The van der Waals surface area contributed by atoms with E-state index in [4.69, 9.17) is 26.8 Å². The van der Waals surface area contributed by atoms with Crippen molar-refractivity contribution in [3.8, 4) is 11.5 Å². The van der Waals surface area contributed by atoms with E-state index in [1.807, 2.05) is 18.2 Å². The quantitative estimate of drug-likeness (QED) is 0.639. The molecule has 0 spiro atoms. The zero-order valence-corrected chi connectivity index (χ0v) is 15.6. The van der Waals surface area contributed by atoms with Gasteiger partial charge in [0.2, 0.25) is 0 Å². The maximum absolute atomic E-state index is 13.8. The Morgan fingerprint density at radius 1 is 1.19 bits per heavy atom. The predicted octanol–water partition coefficient (Wildman–Crippen LogP) is 4.70. The van der Waals surface area contributed by atoms with E-state index < -0.39 is 0 Å². The smallest absolute Gasteiger partial charge is 0.180 e. The number of hydrogen-bond acceptors (Lipinski definition) is 4. The average molecular weight is 387 g/mol. The van der Waals surface area contributed by atoms with Crippen LogP contribution in [-0.2, 0) is 13.0 Å². The second-order valence-electron chi connectivity index (χ2n) is 6.09. The first-order valence-electron chi connectivity index (χ1n) is 8.46. The maximum Gasteiger partial charge on any atom is 0.180 e. The van der Waals surface area contributed by atoms with Gasteiger partial charge in [0.1, 0.15) is 12.4 Å². The van der Waals surface area contributed by atoms with Crippen LogP contribution in [0.1, 0.15) is 22.7 Å². The number of pyridine rings is 1. The molecule has 2 N–H and O–H groups in total. The van der Waals surface area contributed by atoms with Gasteiger partial charge in [-0.2, -0.15) is 0 Å². The summed E-state index contributed by atoms with van der Waals surface area (Å²) in [5.74, 6) is 0.528. The van der Waals surface area contributed by atoms with Crippen LogP contribution in [0.2, 0.25) is 5.02 Å². The van der Waals surface area contributed by atoms with E-state index >= 15 is 0 Å². The molecule has 0 aliphatic heterocycles. The molecule has 0 fully saturated rings. The van der Waals surface area contributed by atoms with Gasteiger partial charge in [0.05, 0.1) is 12.1 Å². The van der Waals surface area contributed by atoms with Crippen LogP contribution < -0.4 is 15.2 Å². The fourth-order valence-electron chi connectivity index (χ4n) is 2.76. The number of nitrogens with two attached hydrogens (primary N) is 1. The lowest BCUT2D eigenvalue weighted by molar-refractivity contribution is 0.279. The third-order valence-corrected chi connectivity index (χ3v) is 4.47. The van der Waals surface area contributed by atoms with Crippen LogP contribution in [0.15, 0.2) is 60.9 Å². The molecular weight excluding hydrogens is 367 g/mol. The van der Waals surface area contributed by atoms with E-state index in [-0.39, 0.29) is 18.5 Å². The molecule has 1 heterocycles. The molecule has 0 aliphatic rings. The molecule has 140 valence electrons. The highest BCUT2D eigenvalue weighted by Crippen LogP contribution is 2.37. The van der Waals surface area contributed by atoms with Crippen molar-refractivity contribution in [3.63, 3.8) is 0 Å². The van der Waals surface area contributed by atoms with Crippen LogP contribution in [0.25, 0.3) is 0 Å². The van der Waals surface area contributed by atoms with Gasteiger partial charge in [-0.3, -0.25) is 4.98 Å². The minimum absolute atomic E-state index is 0.0529. The highest BCUT2D eigenvalue weighted by atomic mass is 35.5. The molecular formula is C21H20ClFN2O2. The van der Waals surface area contributed by atoms with Crippen LogP contribution >= 0.6 is 11.6 Å². The van der Waals surface area contributed by atoms with Crippen molar-refractivity contribution in [3.05, 3.63) is 88.5 Å². The van der Waals surface area contributed by atoms with Crippen molar-refractivity contribution < 1.29 is 13.9 Å². The third-order valence-electron chi connectivity index (χ3n) is 4.19. The molecule has 3 rings (SSSR count). The first-order chi connectivity index (χ1) is 13.1. The van der Waals surface area contributed by atoms with Crippen molar-refractivity contribution in [1.82, 2.24) is 4.98 Å². The lowest BCUT2D eigenvalue weighted by atomic mass is 10.0. The Bertz CT molecular complexity index is 906. The summed E-state index contributed by atoms with van der Waals surface area (Å²) < 4.78 is 24.9. The van der Waals surface area contributed by atoms with Gasteiger partial charge in [-0.25, -0.2) is 4.39 Å². The summed E-state index contributed by atoms with van der Waals surface area (Å²) in [7, 11) is 1.53. The van der Waals surface area contributed by atoms with Crippen LogP contribution in [0.4, 0.5) is 4.39 Å². The Morgan fingerprint density at radius 2 is 2.00 bits per heavy atom. The van der Waals surface area contributed by atoms with Crippen molar-refractivity contribution >= 4 is 11.6 Å². The summed E-state index contributed by atoms with van der Waals surface area (Å²) >= 11 is 6.40. The Morgan fingerprint density at radius 3 is 2.70 bits per heavy atom. The van der Waals surface area contributed by atoms with Gasteiger partial charge in [-0.15, -0.1) is 0 Å². The molecule has 1 aromatic heterocycles. The molecule has 0 saturated carbocycles. The summed E-state index contributed by atoms with van der Waals surface area (Å²) in [6, 6.07) is 13.6. The standard InChI is InChI=1S/C21H20ClFN2O2/c1-26-20-11-14(10-19(24)15-6-4-8-25-12-15)9-17(22)21(20)27-13-16-5-2-3-7-18(16)23/h2-9,11-12,19H,10,13,24H2,1H3. The number of methoxy groups -OCH3 is 1. The minimum atomic E-state index is -0.327. The molecule has 4 nitrogen and oxygen atoms in total. The van der Waals surface area contributed by atoms with E-state index in [1.165, 1.54) is 13.2 Å². The second-order valence-corrected chi connectivity index (χ2v) is 6.49. The zero-order valence-electron chi connectivity index (χ0n) is 14.9. The molecule has 27 heavy (non-hydrogen) atoms. The van der Waals surface area contributed by atoms with Crippen molar-refractivity contribution in [2.24, 2.45) is 5.73 Å². The van der Waals surface area contributed by atoms with Gasteiger partial charge in [-0.1, -0.05) is 35.9 Å². The number of benzene rings is 2. The molecule has 6 heteroatoms. The van der Waals surface area contributed by atoms with Gasteiger partial charge in [0, 0.05) is 24.0 Å². The molecule has 0 saturated heterocycles. The number of rotatable bonds is 7. The van der Waals surface area contributed by atoms with Crippen molar-refractivity contribution in [2.45, 2.75) is 19.1 Å². The summed E-state index contributed by atoms with van der Waals surface area (Å²) in [5, 5.41) is 0.388. The van der Waals surface area contributed by atoms with Crippen LogP contribution in [0.3, 0.4) is 0 Å². The monoisotopic (exact) mass is 386 g/mol. The molecule has 0 bridgehead atoms. The Labute approximate surface area is 162 Å². The normalized spacial score (nSPS) is 11.9. The van der Waals surface area contributed by atoms with Crippen LogP contribution in [0.5, 0.6) is 11.5 Å². The van der Waals surface area contributed by atoms with Crippen LogP contribution in [-0.4, -0.2) is 12.1 Å².